The molecule has 0 saturated heterocycles. The summed E-state index contributed by atoms with van der Waals surface area (Å²) >= 11 is 1.23. The number of carbonyl (C=O) groups is 1. The summed E-state index contributed by atoms with van der Waals surface area (Å²) in [6.07, 6.45) is 0. The van der Waals surface area contributed by atoms with Gasteiger partial charge in [0, 0.05) is 30.4 Å². The topological polar surface area (TPSA) is 112 Å². The van der Waals surface area contributed by atoms with E-state index in [0.29, 0.717) is 28.8 Å². The maximum Gasteiger partial charge on any atom is 0.270 e. The Balaban J connectivity index is 1.62. The van der Waals surface area contributed by atoms with Gasteiger partial charge in [-0.2, -0.15) is 0 Å². The highest BCUT2D eigenvalue weighted by molar-refractivity contribution is 7.99. The average molecular weight is 413 g/mol. The molecule has 0 aliphatic heterocycles. The van der Waals surface area contributed by atoms with E-state index in [4.69, 9.17) is 4.74 Å². The molecule has 3 aromatic rings. The average Bonchev–Trinajstić information content (AvgIpc) is 3.08. The number of nitrogens with zero attached hydrogens (tertiary/aromatic N) is 4. The summed E-state index contributed by atoms with van der Waals surface area (Å²) in [7, 11) is 1.75. The highest BCUT2D eigenvalue weighted by Gasteiger charge is 2.15. The number of non-ortho nitro benzene ring substituents is 1. The molecule has 0 unspecified atom stereocenters. The van der Waals surface area contributed by atoms with Gasteiger partial charge in [-0.3, -0.25) is 14.9 Å². The van der Waals surface area contributed by atoms with Gasteiger partial charge in [-0.1, -0.05) is 23.9 Å². The van der Waals surface area contributed by atoms with E-state index in [2.05, 4.69) is 15.5 Å². The minimum Gasteiger partial charge on any atom is -0.494 e. The van der Waals surface area contributed by atoms with E-state index in [0.717, 1.165) is 5.75 Å². The smallest absolute Gasteiger partial charge is 0.270 e. The van der Waals surface area contributed by atoms with Gasteiger partial charge in [0.05, 0.1) is 17.3 Å². The van der Waals surface area contributed by atoms with E-state index >= 15 is 0 Å². The first-order valence-corrected chi connectivity index (χ1v) is 9.76. The van der Waals surface area contributed by atoms with Gasteiger partial charge in [0.1, 0.15) is 5.75 Å². The molecule has 0 radical (unpaired) electrons. The molecule has 2 aromatic carbocycles. The monoisotopic (exact) mass is 413 g/mol. The molecule has 0 bridgehead atoms. The Kier molecular flexibility index (Phi) is 6.45. The molecular formula is C19H19N5O4S. The molecule has 0 saturated carbocycles. The van der Waals surface area contributed by atoms with Gasteiger partial charge in [-0.15, -0.1) is 10.2 Å². The van der Waals surface area contributed by atoms with E-state index in [-0.39, 0.29) is 17.3 Å². The molecule has 0 spiro atoms. The molecule has 9 nitrogen and oxygen atoms in total. The van der Waals surface area contributed by atoms with Crippen molar-refractivity contribution < 1.29 is 14.5 Å². The lowest BCUT2D eigenvalue weighted by atomic mass is 10.2. The predicted molar refractivity (Wildman–Crippen MR) is 110 cm³/mol. The van der Waals surface area contributed by atoms with Gasteiger partial charge in [-0.05, 0) is 31.2 Å². The molecule has 29 heavy (non-hydrogen) atoms. The summed E-state index contributed by atoms with van der Waals surface area (Å²) in [5, 5.41) is 22.5. The van der Waals surface area contributed by atoms with Crippen molar-refractivity contribution in [2.75, 3.05) is 17.7 Å². The zero-order chi connectivity index (χ0) is 20.8. The number of hydrogen-bond acceptors (Lipinski definition) is 7. The van der Waals surface area contributed by atoms with Crippen LogP contribution in [0.3, 0.4) is 0 Å². The second-order valence-corrected chi connectivity index (χ2v) is 6.91. The third-order valence-electron chi connectivity index (χ3n) is 3.93. The zero-order valence-corrected chi connectivity index (χ0v) is 16.7. The molecule has 150 valence electrons. The van der Waals surface area contributed by atoms with Crippen LogP contribution in [0.5, 0.6) is 5.75 Å². The third kappa shape index (κ3) is 5.11. The molecule has 1 aromatic heterocycles. The highest BCUT2D eigenvalue weighted by atomic mass is 32.2. The fraction of sp³-hybridized carbons (Fsp3) is 0.211. The maximum absolute atomic E-state index is 12.2. The molecule has 10 heteroatoms. The Morgan fingerprint density at radius 3 is 2.69 bits per heavy atom. The van der Waals surface area contributed by atoms with Crippen LogP contribution in [0, 0.1) is 10.1 Å². The van der Waals surface area contributed by atoms with Crippen LogP contribution in [0.15, 0.2) is 53.7 Å². The first-order valence-electron chi connectivity index (χ1n) is 8.77. The highest BCUT2D eigenvalue weighted by Crippen LogP contribution is 2.25. The summed E-state index contributed by atoms with van der Waals surface area (Å²) in [6.45, 7) is 2.49. The fourth-order valence-corrected chi connectivity index (χ4v) is 3.29. The normalized spacial score (nSPS) is 10.6. The predicted octanol–water partition coefficient (Wildman–Crippen LogP) is 3.52. The van der Waals surface area contributed by atoms with Gasteiger partial charge in [0.2, 0.25) is 5.91 Å². The molecule has 0 atom stereocenters. The zero-order valence-electron chi connectivity index (χ0n) is 15.9. The van der Waals surface area contributed by atoms with E-state index in [1.54, 1.807) is 48.0 Å². The summed E-state index contributed by atoms with van der Waals surface area (Å²) in [6, 6.07) is 13.3. The number of anilines is 1. The van der Waals surface area contributed by atoms with Crippen molar-refractivity contribution in [1.82, 2.24) is 14.8 Å². The molecule has 1 N–H and O–H groups in total. The van der Waals surface area contributed by atoms with Crippen LogP contribution in [0.1, 0.15) is 6.92 Å². The third-order valence-corrected chi connectivity index (χ3v) is 4.95. The lowest BCUT2D eigenvalue weighted by molar-refractivity contribution is -0.384. The van der Waals surface area contributed by atoms with Crippen molar-refractivity contribution in [2.24, 2.45) is 7.05 Å². The minimum absolute atomic E-state index is 0.0190. The minimum atomic E-state index is -0.458. The number of thioether (sulfide) groups is 1. The van der Waals surface area contributed by atoms with Crippen molar-refractivity contribution in [2.45, 2.75) is 12.1 Å². The van der Waals surface area contributed by atoms with Crippen LogP contribution in [0.4, 0.5) is 11.4 Å². The number of carbonyl (C=O) groups excluding carboxylic acids is 1. The number of aromatic nitrogens is 3. The SMILES string of the molecule is CCOc1ccc(NC(=O)CSc2nnc(-c3cccc([N+](=O)[O-])c3)n2C)cc1. The maximum atomic E-state index is 12.2. The lowest BCUT2D eigenvalue weighted by Gasteiger charge is -2.07. The number of rotatable bonds is 8. The first-order chi connectivity index (χ1) is 14.0. The number of nitrogens with one attached hydrogen (secondary N) is 1. The van der Waals surface area contributed by atoms with Gasteiger partial charge in [0.25, 0.3) is 5.69 Å². The van der Waals surface area contributed by atoms with E-state index in [9.17, 15) is 14.9 Å². The van der Waals surface area contributed by atoms with Crippen LogP contribution >= 0.6 is 11.8 Å². The summed E-state index contributed by atoms with van der Waals surface area (Å²) in [4.78, 5) is 22.7. The molecular weight excluding hydrogens is 394 g/mol. The van der Waals surface area contributed by atoms with Crippen molar-refractivity contribution >= 4 is 29.0 Å². The lowest BCUT2D eigenvalue weighted by Crippen LogP contribution is -2.14. The molecule has 1 amide bonds. The van der Waals surface area contributed by atoms with E-state index in [1.165, 1.54) is 23.9 Å². The second kappa shape index (κ2) is 9.20. The largest absolute Gasteiger partial charge is 0.494 e. The number of hydrogen-bond donors (Lipinski definition) is 1. The molecule has 0 aliphatic rings. The summed E-state index contributed by atoms with van der Waals surface area (Å²) < 4.78 is 7.07. The Bertz CT molecular complexity index is 1020. The van der Waals surface area contributed by atoms with Crippen LogP contribution in [0.2, 0.25) is 0 Å². The van der Waals surface area contributed by atoms with Crippen molar-refractivity contribution in [3.05, 3.63) is 58.6 Å². The Labute approximate surface area is 171 Å². The van der Waals surface area contributed by atoms with Gasteiger partial charge >= 0.3 is 0 Å². The van der Waals surface area contributed by atoms with Crippen molar-refractivity contribution in [3.8, 4) is 17.1 Å². The Morgan fingerprint density at radius 2 is 2.00 bits per heavy atom. The Morgan fingerprint density at radius 1 is 1.24 bits per heavy atom. The number of amides is 1. The van der Waals surface area contributed by atoms with Crippen molar-refractivity contribution in [1.29, 1.82) is 0 Å². The molecule has 3 rings (SSSR count). The van der Waals surface area contributed by atoms with Gasteiger partial charge in [-0.25, -0.2) is 0 Å². The first kappa shape index (κ1) is 20.3. The number of nitro benzene ring substituents is 1. The fourth-order valence-electron chi connectivity index (χ4n) is 2.58. The molecule has 1 heterocycles. The van der Waals surface area contributed by atoms with E-state index in [1.807, 2.05) is 6.92 Å². The quantitative estimate of drug-likeness (QED) is 0.341. The van der Waals surface area contributed by atoms with Crippen LogP contribution < -0.4 is 10.1 Å². The standard InChI is InChI=1S/C19H19N5O4S/c1-3-28-16-9-7-14(8-10-16)20-17(25)12-29-19-22-21-18(23(19)2)13-5-4-6-15(11-13)24(26)27/h4-11H,3,12H2,1-2H3,(H,20,25). The van der Waals surface area contributed by atoms with Gasteiger partial charge in [0.15, 0.2) is 11.0 Å². The van der Waals surface area contributed by atoms with Crippen LogP contribution in [0.25, 0.3) is 11.4 Å². The molecule has 0 aliphatic carbocycles. The van der Waals surface area contributed by atoms with E-state index < -0.39 is 4.92 Å². The number of ether oxygens (including phenoxy) is 1. The second-order valence-electron chi connectivity index (χ2n) is 5.97. The summed E-state index contributed by atoms with van der Waals surface area (Å²) in [5.41, 5.74) is 1.24. The molecule has 0 fully saturated rings. The number of nitro groups is 1. The van der Waals surface area contributed by atoms with Crippen LogP contribution in [-0.4, -0.2) is 38.0 Å². The van der Waals surface area contributed by atoms with Crippen molar-refractivity contribution in [3.63, 3.8) is 0 Å². The summed E-state index contributed by atoms with van der Waals surface area (Å²) in [5.74, 6) is 1.20. The Hall–Kier alpha value is -3.40. The van der Waals surface area contributed by atoms with Gasteiger partial charge < -0.3 is 14.6 Å². The van der Waals surface area contributed by atoms with Crippen LogP contribution in [-0.2, 0) is 11.8 Å². The number of benzene rings is 2.